The van der Waals surface area contributed by atoms with E-state index in [1.807, 2.05) is 0 Å². The fourth-order valence-electron chi connectivity index (χ4n) is 3.13. The predicted molar refractivity (Wildman–Crippen MR) is 91.2 cm³/mol. The maximum atomic E-state index is 6.22. The van der Waals surface area contributed by atoms with Crippen LogP contribution in [0.3, 0.4) is 0 Å². The average Bonchev–Trinajstić information content (AvgIpc) is 2.56. The van der Waals surface area contributed by atoms with Gasteiger partial charge in [-0.3, -0.25) is 4.90 Å². The van der Waals surface area contributed by atoms with Crippen LogP contribution in [-0.4, -0.2) is 24.1 Å². The summed E-state index contributed by atoms with van der Waals surface area (Å²) in [6.45, 7) is 5.39. The van der Waals surface area contributed by atoms with Gasteiger partial charge in [0.05, 0.1) is 0 Å². The molecule has 0 radical (unpaired) electrons. The van der Waals surface area contributed by atoms with E-state index in [0.29, 0.717) is 6.10 Å². The third kappa shape index (κ3) is 4.11. The van der Waals surface area contributed by atoms with Gasteiger partial charge in [0.2, 0.25) is 0 Å². The molecule has 1 heterocycles. The molecule has 0 spiro atoms. The van der Waals surface area contributed by atoms with Crippen LogP contribution in [0.2, 0.25) is 0 Å². The Hall–Kier alpha value is -1.80. The molecule has 2 nitrogen and oxygen atoms in total. The molecule has 0 unspecified atom stereocenters. The molecule has 116 valence electrons. The molecule has 1 atom stereocenters. The van der Waals surface area contributed by atoms with Gasteiger partial charge in [-0.15, -0.1) is 0 Å². The first-order chi connectivity index (χ1) is 10.8. The molecule has 1 aliphatic rings. The second kappa shape index (κ2) is 7.46. The Morgan fingerprint density at radius 1 is 1.05 bits per heavy atom. The van der Waals surface area contributed by atoms with Crippen molar-refractivity contribution in [2.24, 2.45) is 0 Å². The number of benzene rings is 2. The van der Waals surface area contributed by atoms with E-state index in [1.54, 1.807) is 0 Å². The van der Waals surface area contributed by atoms with Crippen LogP contribution >= 0.6 is 0 Å². The molecule has 0 saturated carbocycles. The highest BCUT2D eigenvalue weighted by Crippen LogP contribution is 2.21. The fraction of sp³-hybridized carbons (Fsp3) is 0.400. The Kier molecular flexibility index (Phi) is 5.12. The van der Waals surface area contributed by atoms with Crippen LogP contribution < -0.4 is 4.74 Å². The van der Waals surface area contributed by atoms with Crippen molar-refractivity contribution in [3.63, 3.8) is 0 Å². The molecule has 0 aromatic heterocycles. The van der Waals surface area contributed by atoms with Gasteiger partial charge in [0.15, 0.2) is 0 Å². The maximum Gasteiger partial charge on any atom is 0.120 e. The lowest BCUT2D eigenvalue weighted by atomic mass is 10.1. The van der Waals surface area contributed by atoms with Gasteiger partial charge < -0.3 is 4.74 Å². The van der Waals surface area contributed by atoms with E-state index in [0.717, 1.165) is 31.7 Å². The monoisotopic (exact) mass is 295 g/mol. The van der Waals surface area contributed by atoms with E-state index in [2.05, 4.69) is 66.4 Å². The quantitative estimate of drug-likeness (QED) is 0.816. The number of hydrogen-bond acceptors (Lipinski definition) is 2. The smallest absolute Gasteiger partial charge is 0.120 e. The van der Waals surface area contributed by atoms with Crippen LogP contribution in [0.15, 0.2) is 54.6 Å². The van der Waals surface area contributed by atoms with Gasteiger partial charge in [-0.2, -0.15) is 0 Å². The van der Waals surface area contributed by atoms with Crippen molar-refractivity contribution in [3.05, 3.63) is 65.7 Å². The number of likely N-dealkylation sites (tertiary alicyclic amines) is 1. The van der Waals surface area contributed by atoms with Gasteiger partial charge in [-0.05, 0) is 49.1 Å². The van der Waals surface area contributed by atoms with Gasteiger partial charge in [0, 0.05) is 13.1 Å². The average molecular weight is 295 g/mol. The standard InChI is InChI=1S/C20H25NO/c1-2-17-10-6-11-19(14-17)22-20-12-7-13-21(16-20)15-18-8-4-3-5-9-18/h3-6,8-11,14,20H,2,7,12-13,15-16H2,1H3/t20-/m1/s1. The molecule has 2 aromatic carbocycles. The van der Waals surface area contributed by atoms with Gasteiger partial charge in [-0.1, -0.05) is 49.4 Å². The van der Waals surface area contributed by atoms with Crippen LogP contribution in [0, 0.1) is 0 Å². The third-order valence-corrected chi connectivity index (χ3v) is 4.32. The van der Waals surface area contributed by atoms with Gasteiger partial charge >= 0.3 is 0 Å². The lowest BCUT2D eigenvalue weighted by Gasteiger charge is -2.33. The molecule has 2 heteroatoms. The summed E-state index contributed by atoms with van der Waals surface area (Å²) in [5.74, 6) is 1.02. The van der Waals surface area contributed by atoms with Gasteiger partial charge in [0.25, 0.3) is 0 Å². The van der Waals surface area contributed by atoms with Crippen molar-refractivity contribution in [1.82, 2.24) is 4.90 Å². The Morgan fingerprint density at radius 2 is 1.86 bits per heavy atom. The third-order valence-electron chi connectivity index (χ3n) is 4.32. The van der Waals surface area contributed by atoms with Crippen molar-refractivity contribution < 1.29 is 4.74 Å². The molecule has 0 bridgehead atoms. The van der Waals surface area contributed by atoms with E-state index < -0.39 is 0 Å². The van der Waals surface area contributed by atoms with Crippen molar-refractivity contribution in [2.45, 2.75) is 38.8 Å². The second-order valence-electron chi connectivity index (χ2n) is 6.10. The molecule has 1 saturated heterocycles. The van der Waals surface area contributed by atoms with Crippen LogP contribution in [0.4, 0.5) is 0 Å². The van der Waals surface area contributed by atoms with Crippen molar-refractivity contribution in [1.29, 1.82) is 0 Å². The van der Waals surface area contributed by atoms with E-state index in [9.17, 15) is 0 Å². The molecule has 0 aliphatic carbocycles. The van der Waals surface area contributed by atoms with Crippen LogP contribution in [0.5, 0.6) is 5.75 Å². The van der Waals surface area contributed by atoms with E-state index in [1.165, 1.54) is 24.1 Å². The zero-order valence-electron chi connectivity index (χ0n) is 13.4. The summed E-state index contributed by atoms with van der Waals surface area (Å²) in [4.78, 5) is 2.51. The van der Waals surface area contributed by atoms with Gasteiger partial charge in [0.1, 0.15) is 11.9 Å². The number of rotatable bonds is 5. The number of nitrogens with zero attached hydrogens (tertiary/aromatic N) is 1. The summed E-state index contributed by atoms with van der Waals surface area (Å²) in [5, 5.41) is 0. The molecular formula is C20H25NO. The largest absolute Gasteiger partial charge is 0.489 e. The number of hydrogen-bond donors (Lipinski definition) is 0. The van der Waals surface area contributed by atoms with E-state index in [-0.39, 0.29) is 0 Å². The molecule has 2 aromatic rings. The number of piperidine rings is 1. The fourth-order valence-corrected chi connectivity index (χ4v) is 3.13. The number of ether oxygens (including phenoxy) is 1. The van der Waals surface area contributed by atoms with Crippen molar-refractivity contribution >= 4 is 0 Å². The molecule has 3 rings (SSSR count). The molecule has 0 N–H and O–H groups in total. The summed E-state index contributed by atoms with van der Waals surface area (Å²) < 4.78 is 6.22. The summed E-state index contributed by atoms with van der Waals surface area (Å²) in [6, 6.07) is 19.2. The normalized spacial score (nSPS) is 19.0. The molecule has 1 aliphatic heterocycles. The maximum absolute atomic E-state index is 6.22. The highest BCUT2D eigenvalue weighted by molar-refractivity contribution is 5.28. The van der Waals surface area contributed by atoms with E-state index in [4.69, 9.17) is 4.74 Å². The molecule has 0 amide bonds. The molecular weight excluding hydrogens is 270 g/mol. The SMILES string of the molecule is CCc1cccc(O[C@@H]2CCCN(Cc3ccccc3)C2)c1. The first kappa shape index (κ1) is 15.1. The van der Waals surface area contributed by atoms with Crippen LogP contribution in [0.25, 0.3) is 0 Å². The molecule has 1 fully saturated rings. The zero-order valence-corrected chi connectivity index (χ0v) is 13.4. The zero-order chi connectivity index (χ0) is 15.2. The Morgan fingerprint density at radius 3 is 2.68 bits per heavy atom. The minimum atomic E-state index is 0.310. The second-order valence-corrected chi connectivity index (χ2v) is 6.10. The summed E-state index contributed by atoms with van der Waals surface area (Å²) >= 11 is 0. The predicted octanol–water partition coefficient (Wildman–Crippen LogP) is 4.29. The topological polar surface area (TPSA) is 12.5 Å². The Balaban J connectivity index is 1.58. The summed E-state index contributed by atoms with van der Waals surface area (Å²) in [6.07, 6.45) is 3.73. The molecule has 22 heavy (non-hydrogen) atoms. The van der Waals surface area contributed by atoms with Crippen LogP contribution in [0.1, 0.15) is 30.9 Å². The highest BCUT2D eigenvalue weighted by atomic mass is 16.5. The summed E-state index contributed by atoms with van der Waals surface area (Å²) in [5.41, 5.74) is 2.73. The minimum Gasteiger partial charge on any atom is -0.489 e. The highest BCUT2D eigenvalue weighted by Gasteiger charge is 2.21. The van der Waals surface area contributed by atoms with Crippen molar-refractivity contribution in [2.75, 3.05) is 13.1 Å². The lowest BCUT2D eigenvalue weighted by Crippen LogP contribution is -2.40. The van der Waals surface area contributed by atoms with E-state index >= 15 is 0 Å². The first-order valence-corrected chi connectivity index (χ1v) is 8.35. The number of aryl methyl sites for hydroxylation is 1. The van der Waals surface area contributed by atoms with Gasteiger partial charge in [-0.25, -0.2) is 0 Å². The minimum absolute atomic E-state index is 0.310. The Labute approximate surface area is 133 Å². The van der Waals surface area contributed by atoms with Crippen LogP contribution in [-0.2, 0) is 13.0 Å². The first-order valence-electron chi connectivity index (χ1n) is 8.35. The summed E-state index contributed by atoms with van der Waals surface area (Å²) in [7, 11) is 0. The lowest BCUT2D eigenvalue weighted by molar-refractivity contribution is 0.0842. The van der Waals surface area contributed by atoms with Crippen molar-refractivity contribution in [3.8, 4) is 5.75 Å². The Bertz CT molecular complexity index is 581.